The highest BCUT2D eigenvalue weighted by atomic mass is 14.8. The first-order chi connectivity index (χ1) is 24.1. The van der Waals surface area contributed by atoms with Gasteiger partial charge in [0.1, 0.15) is 0 Å². The van der Waals surface area contributed by atoms with Crippen molar-refractivity contribution in [2.75, 3.05) is 6.54 Å². The minimum Gasteiger partial charge on any atom is -0.280 e. The molecule has 0 fully saturated rings. The molecule has 3 heteroatoms. The Morgan fingerprint density at radius 2 is 1.69 bits per heavy atom. The van der Waals surface area contributed by atoms with Crippen LogP contribution in [0.25, 0.3) is 11.1 Å². The van der Waals surface area contributed by atoms with Gasteiger partial charge in [-0.15, -0.1) is 0 Å². The molecule has 3 aromatic rings. The third-order valence-corrected chi connectivity index (χ3v) is 9.96. The summed E-state index contributed by atoms with van der Waals surface area (Å²) in [5.41, 5.74) is 15.6. The van der Waals surface area contributed by atoms with Gasteiger partial charge >= 0.3 is 0 Å². The van der Waals surface area contributed by atoms with E-state index in [0.717, 1.165) is 48.4 Å². The summed E-state index contributed by atoms with van der Waals surface area (Å²) in [7, 11) is 0. The molecule has 4 aliphatic rings. The van der Waals surface area contributed by atoms with Crippen molar-refractivity contribution in [3.05, 3.63) is 190 Å². The molecule has 2 atom stereocenters. The van der Waals surface area contributed by atoms with Crippen molar-refractivity contribution in [3.8, 4) is 0 Å². The van der Waals surface area contributed by atoms with Crippen LogP contribution in [0.4, 0.5) is 0 Å². The van der Waals surface area contributed by atoms with Crippen LogP contribution >= 0.6 is 0 Å². The lowest BCUT2D eigenvalue weighted by molar-refractivity contribution is 0.761. The Balaban J connectivity index is 1.18. The van der Waals surface area contributed by atoms with E-state index in [2.05, 4.69) is 159 Å². The highest BCUT2D eigenvalue weighted by Crippen LogP contribution is 2.43. The van der Waals surface area contributed by atoms with Crippen LogP contribution in [0.1, 0.15) is 54.9 Å². The summed E-state index contributed by atoms with van der Waals surface area (Å²) in [6, 6.07) is 29.7. The van der Waals surface area contributed by atoms with Crippen LogP contribution in [-0.2, 0) is 0 Å². The molecule has 0 N–H and O–H groups in total. The number of fused-ring (bicyclic) bond motifs is 1. The molecule has 1 heterocycles. The number of benzene rings is 3. The number of dihydropyridines is 1. The Kier molecular flexibility index (Phi) is 9.70. The summed E-state index contributed by atoms with van der Waals surface area (Å²) in [6.45, 7) is 9.04. The number of rotatable bonds is 9. The van der Waals surface area contributed by atoms with Gasteiger partial charge in [0.2, 0.25) is 0 Å². The number of nitrogens with zero attached hydrogens (tertiary/aromatic N) is 3. The van der Waals surface area contributed by atoms with Crippen LogP contribution in [0.5, 0.6) is 0 Å². The van der Waals surface area contributed by atoms with Gasteiger partial charge in [0.15, 0.2) is 0 Å². The molecule has 3 nitrogen and oxygen atoms in total. The van der Waals surface area contributed by atoms with Crippen molar-refractivity contribution in [1.29, 1.82) is 0 Å². The van der Waals surface area contributed by atoms with E-state index in [1.54, 1.807) is 0 Å². The Bertz CT molecular complexity index is 2060. The lowest BCUT2D eigenvalue weighted by Crippen LogP contribution is -2.21. The SMILES string of the molecule is C=N/C(=C\C(=N/CC1=CCCC(C2=NC3=CC=CCC3C(c3ccccc3C)=C2C)=C1)c1ccccc1)C1C=CC(c2ccccc2)=CC1. The molecule has 3 aliphatic carbocycles. The summed E-state index contributed by atoms with van der Waals surface area (Å²) in [5, 5.41) is 0. The quantitative estimate of drug-likeness (QED) is 0.209. The van der Waals surface area contributed by atoms with Gasteiger partial charge in [0, 0.05) is 23.2 Å². The van der Waals surface area contributed by atoms with Crippen LogP contribution < -0.4 is 0 Å². The number of allylic oxidation sites excluding steroid dienone is 12. The second-order valence-corrected chi connectivity index (χ2v) is 13.1. The fourth-order valence-electron chi connectivity index (χ4n) is 7.34. The molecule has 2 unspecified atom stereocenters. The van der Waals surface area contributed by atoms with Gasteiger partial charge in [-0.25, -0.2) is 0 Å². The zero-order chi connectivity index (χ0) is 33.6. The third kappa shape index (κ3) is 7.07. The molecule has 0 amide bonds. The maximum Gasteiger partial charge on any atom is 0.0697 e. The molecule has 0 saturated carbocycles. The summed E-state index contributed by atoms with van der Waals surface area (Å²) < 4.78 is 0. The topological polar surface area (TPSA) is 37.1 Å². The van der Waals surface area contributed by atoms with Crippen molar-refractivity contribution >= 4 is 29.3 Å². The number of aryl methyl sites for hydroxylation is 1. The second kappa shape index (κ2) is 14.8. The summed E-state index contributed by atoms with van der Waals surface area (Å²) in [6.07, 6.45) is 24.0. The highest BCUT2D eigenvalue weighted by molar-refractivity contribution is 6.18. The Labute approximate surface area is 291 Å². The lowest BCUT2D eigenvalue weighted by Gasteiger charge is -2.32. The predicted octanol–water partition coefficient (Wildman–Crippen LogP) is 11.1. The fraction of sp³-hybridized carbons (Fsp3) is 0.196. The number of aliphatic imine (C=N–C) groups is 3. The Morgan fingerprint density at radius 3 is 2.45 bits per heavy atom. The molecule has 0 saturated heterocycles. The molecule has 0 aromatic heterocycles. The van der Waals surface area contributed by atoms with E-state index in [0.29, 0.717) is 12.5 Å². The van der Waals surface area contributed by atoms with Crippen molar-refractivity contribution in [3.63, 3.8) is 0 Å². The standard InChI is InChI=1S/C46H43N3/c1-32-15-10-11-22-40(32)45-33(2)46(49-42-24-13-12-23-41(42)45)39-21-14-16-34(29-39)31-48-44(37-19-8-5-9-20-37)30-43(47-3)38-27-25-36(26-28-38)35-17-6-4-7-18-35/h4-13,15-20,22,24-27,29-30,38,41H,3,14,21,23,28,31H2,1-2H3/b43-30-,48-44+. The van der Waals surface area contributed by atoms with Gasteiger partial charge in [-0.3, -0.25) is 15.0 Å². The first-order valence-electron chi connectivity index (χ1n) is 17.4. The van der Waals surface area contributed by atoms with Crippen molar-refractivity contribution in [2.24, 2.45) is 26.8 Å². The maximum absolute atomic E-state index is 5.32. The fourth-order valence-corrected chi connectivity index (χ4v) is 7.34. The molecule has 49 heavy (non-hydrogen) atoms. The van der Waals surface area contributed by atoms with Crippen LogP contribution in [0, 0.1) is 18.8 Å². The monoisotopic (exact) mass is 637 g/mol. The average Bonchev–Trinajstić information content (AvgIpc) is 3.16. The van der Waals surface area contributed by atoms with Crippen molar-refractivity contribution in [2.45, 2.75) is 39.5 Å². The van der Waals surface area contributed by atoms with E-state index in [9.17, 15) is 0 Å². The zero-order valence-corrected chi connectivity index (χ0v) is 28.5. The Morgan fingerprint density at radius 1 is 0.918 bits per heavy atom. The van der Waals surface area contributed by atoms with E-state index >= 15 is 0 Å². The molecule has 242 valence electrons. The van der Waals surface area contributed by atoms with Gasteiger partial charge in [-0.2, -0.15) is 0 Å². The molecule has 7 rings (SSSR count). The summed E-state index contributed by atoms with van der Waals surface area (Å²) in [5.74, 6) is 0.444. The minimum atomic E-state index is 0.147. The number of hydrogen-bond donors (Lipinski definition) is 0. The first-order valence-corrected chi connectivity index (χ1v) is 17.4. The summed E-state index contributed by atoms with van der Waals surface area (Å²) in [4.78, 5) is 15.1. The van der Waals surface area contributed by atoms with E-state index in [4.69, 9.17) is 9.98 Å². The molecule has 3 aromatic carbocycles. The highest BCUT2D eigenvalue weighted by Gasteiger charge is 2.31. The molecule has 1 aliphatic heterocycles. The second-order valence-electron chi connectivity index (χ2n) is 13.1. The smallest absolute Gasteiger partial charge is 0.0697 e. The average molecular weight is 638 g/mol. The lowest BCUT2D eigenvalue weighted by atomic mass is 9.76. The van der Waals surface area contributed by atoms with Gasteiger partial charge in [-0.1, -0.05) is 127 Å². The molecule has 0 bridgehead atoms. The third-order valence-electron chi connectivity index (χ3n) is 9.96. The van der Waals surface area contributed by atoms with Gasteiger partial charge in [0.25, 0.3) is 0 Å². The molecular weight excluding hydrogens is 595 g/mol. The van der Waals surface area contributed by atoms with Gasteiger partial charge in [0.05, 0.1) is 18.0 Å². The van der Waals surface area contributed by atoms with E-state index < -0.39 is 0 Å². The van der Waals surface area contributed by atoms with Crippen molar-refractivity contribution < 1.29 is 0 Å². The van der Waals surface area contributed by atoms with Gasteiger partial charge < -0.3 is 0 Å². The predicted molar refractivity (Wildman–Crippen MR) is 209 cm³/mol. The van der Waals surface area contributed by atoms with E-state index in [-0.39, 0.29) is 5.92 Å². The largest absolute Gasteiger partial charge is 0.280 e. The normalized spacial score (nSPS) is 20.9. The maximum atomic E-state index is 5.32. The zero-order valence-electron chi connectivity index (χ0n) is 28.5. The van der Waals surface area contributed by atoms with E-state index in [1.807, 2.05) is 6.07 Å². The van der Waals surface area contributed by atoms with Crippen LogP contribution in [0.3, 0.4) is 0 Å². The van der Waals surface area contributed by atoms with Crippen LogP contribution in [-0.4, -0.2) is 24.7 Å². The van der Waals surface area contributed by atoms with E-state index in [1.165, 1.54) is 50.3 Å². The van der Waals surface area contributed by atoms with Crippen molar-refractivity contribution in [1.82, 2.24) is 0 Å². The molecule has 0 spiro atoms. The minimum absolute atomic E-state index is 0.147. The summed E-state index contributed by atoms with van der Waals surface area (Å²) >= 11 is 0. The number of hydrogen-bond acceptors (Lipinski definition) is 3. The molecular formula is C46H43N3. The first kappa shape index (κ1) is 32.2. The molecule has 0 radical (unpaired) electrons. The van der Waals surface area contributed by atoms with Crippen LogP contribution in [0.2, 0.25) is 0 Å². The Hall–Kier alpha value is -5.41. The van der Waals surface area contributed by atoms with Gasteiger partial charge in [-0.05, 0) is 109 Å². The van der Waals surface area contributed by atoms with Crippen LogP contribution in [0.15, 0.2) is 183 Å².